The van der Waals surface area contributed by atoms with Gasteiger partial charge in [0.05, 0.1) is 19.1 Å². The number of rotatable bonds is 10. The fourth-order valence-electron chi connectivity index (χ4n) is 2.34. The number of benzene rings is 1. The molecule has 23 heavy (non-hydrogen) atoms. The summed E-state index contributed by atoms with van der Waals surface area (Å²) in [5.41, 5.74) is -0.305. The number of aliphatic carboxylic acids is 1. The summed E-state index contributed by atoms with van der Waals surface area (Å²) in [6, 6.07) is 7.07. The lowest BCUT2D eigenvalue weighted by Crippen LogP contribution is -2.45. The first-order chi connectivity index (χ1) is 10.9. The van der Waals surface area contributed by atoms with Gasteiger partial charge in [0.25, 0.3) is 0 Å². The molecule has 0 aliphatic rings. The Hall–Kier alpha value is -2.08. The highest BCUT2D eigenvalue weighted by molar-refractivity contribution is 5.78. The van der Waals surface area contributed by atoms with Crippen LogP contribution in [0.15, 0.2) is 24.3 Å². The van der Waals surface area contributed by atoms with Crippen LogP contribution in [0.2, 0.25) is 0 Å². The summed E-state index contributed by atoms with van der Waals surface area (Å²) < 4.78 is 10.4. The first-order valence-electron chi connectivity index (χ1n) is 7.66. The van der Waals surface area contributed by atoms with Crippen LogP contribution in [0, 0.1) is 0 Å². The summed E-state index contributed by atoms with van der Waals surface area (Å²) in [5, 5.41) is 12.0. The van der Waals surface area contributed by atoms with Gasteiger partial charge in [-0.05, 0) is 38.0 Å². The zero-order chi connectivity index (χ0) is 17.3. The second-order valence-corrected chi connectivity index (χ2v) is 5.48. The molecule has 1 unspecified atom stereocenters. The predicted octanol–water partition coefficient (Wildman–Crippen LogP) is 2.32. The molecule has 6 heteroatoms. The highest BCUT2D eigenvalue weighted by atomic mass is 16.5. The van der Waals surface area contributed by atoms with E-state index in [1.54, 1.807) is 38.3 Å². The molecule has 1 amide bonds. The van der Waals surface area contributed by atoms with Crippen LogP contribution in [0.25, 0.3) is 0 Å². The fourth-order valence-corrected chi connectivity index (χ4v) is 2.34. The van der Waals surface area contributed by atoms with Crippen LogP contribution < -0.4 is 10.1 Å². The molecule has 6 nitrogen and oxygen atoms in total. The average Bonchev–Trinajstić information content (AvgIpc) is 2.51. The number of carboxylic acids is 1. The molecule has 0 aromatic heterocycles. The number of nitrogens with one attached hydrogen (secondary N) is 1. The quantitative estimate of drug-likeness (QED) is 0.646. The summed E-state index contributed by atoms with van der Waals surface area (Å²) in [4.78, 5) is 23.4. The number of ether oxygens (including phenoxy) is 2. The Morgan fingerprint density at radius 3 is 2.70 bits per heavy atom. The third-order valence-electron chi connectivity index (χ3n) is 3.52. The molecular formula is C17H25NO5. The van der Waals surface area contributed by atoms with E-state index in [4.69, 9.17) is 9.47 Å². The van der Waals surface area contributed by atoms with Crippen molar-refractivity contribution >= 4 is 11.9 Å². The van der Waals surface area contributed by atoms with Gasteiger partial charge in [0.1, 0.15) is 5.75 Å². The zero-order valence-corrected chi connectivity index (χ0v) is 13.9. The minimum Gasteiger partial charge on any atom is -0.497 e. The molecule has 0 fully saturated rings. The van der Waals surface area contributed by atoms with Gasteiger partial charge >= 0.3 is 5.97 Å². The van der Waals surface area contributed by atoms with Crippen molar-refractivity contribution in [3.05, 3.63) is 29.8 Å². The predicted molar refractivity (Wildman–Crippen MR) is 86.5 cm³/mol. The Morgan fingerprint density at radius 2 is 2.09 bits per heavy atom. The van der Waals surface area contributed by atoms with Crippen LogP contribution in [0.1, 0.15) is 38.7 Å². The Labute approximate surface area is 136 Å². The summed E-state index contributed by atoms with van der Waals surface area (Å²) in [6.07, 6.45) is 0.678. The van der Waals surface area contributed by atoms with Crippen LogP contribution in [0.3, 0.4) is 0 Å². The van der Waals surface area contributed by atoms with Crippen LogP contribution in [0.5, 0.6) is 5.75 Å². The lowest BCUT2D eigenvalue weighted by atomic mass is 9.88. The van der Waals surface area contributed by atoms with Gasteiger partial charge in [-0.1, -0.05) is 12.1 Å². The molecule has 0 spiro atoms. The number of amides is 1. The van der Waals surface area contributed by atoms with E-state index in [1.807, 2.05) is 6.92 Å². The van der Waals surface area contributed by atoms with Gasteiger partial charge in [0, 0.05) is 19.6 Å². The maximum absolute atomic E-state index is 12.1. The second-order valence-electron chi connectivity index (χ2n) is 5.48. The van der Waals surface area contributed by atoms with Crippen LogP contribution in [-0.4, -0.2) is 37.3 Å². The van der Waals surface area contributed by atoms with E-state index in [0.717, 1.165) is 0 Å². The van der Waals surface area contributed by atoms with Gasteiger partial charge in [0.15, 0.2) is 0 Å². The number of hydrogen-bond acceptors (Lipinski definition) is 4. The Morgan fingerprint density at radius 1 is 1.35 bits per heavy atom. The molecule has 1 aromatic carbocycles. The van der Waals surface area contributed by atoms with Gasteiger partial charge in [-0.3, -0.25) is 9.59 Å². The van der Waals surface area contributed by atoms with Crippen molar-refractivity contribution in [2.24, 2.45) is 0 Å². The first-order valence-corrected chi connectivity index (χ1v) is 7.66. The SMILES string of the molecule is CCOCCCC(=O)NC(C)(CC(=O)O)c1cccc(OC)c1. The highest BCUT2D eigenvalue weighted by Gasteiger charge is 2.31. The highest BCUT2D eigenvalue weighted by Crippen LogP contribution is 2.28. The molecule has 2 N–H and O–H groups in total. The monoisotopic (exact) mass is 323 g/mol. The van der Waals surface area contributed by atoms with E-state index in [1.165, 1.54) is 0 Å². The molecule has 1 aromatic rings. The molecule has 0 radical (unpaired) electrons. The maximum Gasteiger partial charge on any atom is 0.306 e. The lowest BCUT2D eigenvalue weighted by Gasteiger charge is -2.30. The normalized spacial score (nSPS) is 13.2. The van der Waals surface area contributed by atoms with E-state index in [2.05, 4.69) is 5.32 Å². The summed E-state index contributed by atoms with van der Waals surface area (Å²) in [6.45, 7) is 4.73. The summed E-state index contributed by atoms with van der Waals surface area (Å²) >= 11 is 0. The van der Waals surface area contributed by atoms with Crippen molar-refractivity contribution in [3.63, 3.8) is 0 Å². The number of hydrogen-bond donors (Lipinski definition) is 2. The van der Waals surface area contributed by atoms with Gasteiger partial charge in [-0.2, -0.15) is 0 Å². The Kier molecular flexibility index (Phi) is 7.54. The van der Waals surface area contributed by atoms with Crippen molar-refractivity contribution in [2.75, 3.05) is 20.3 Å². The van der Waals surface area contributed by atoms with Gasteiger partial charge in [-0.15, -0.1) is 0 Å². The maximum atomic E-state index is 12.1. The van der Waals surface area contributed by atoms with Crippen molar-refractivity contribution < 1.29 is 24.2 Å². The van der Waals surface area contributed by atoms with Crippen molar-refractivity contribution in [1.29, 1.82) is 0 Å². The number of carbonyl (C=O) groups is 2. The largest absolute Gasteiger partial charge is 0.497 e. The third-order valence-corrected chi connectivity index (χ3v) is 3.52. The van der Waals surface area contributed by atoms with E-state index < -0.39 is 11.5 Å². The minimum absolute atomic E-state index is 0.198. The van der Waals surface area contributed by atoms with E-state index >= 15 is 0 Å². The van der Waals surface area contributed by atoms with Crippen LogP contribution >= 0.6 is 0 Å². The van der Waals surface area contributed by atoms with E-state index in [-0.39, 0.29) is 12.3 Å². The molecule has 1 atom stereocenters. The topological polar surface area (TPSA) is 84.9 Å². The minimum atomic E-state index is -0.997. The summed E-state index contributed by atoms with van der Waals surface area (Å²) in [5.74, 6) is -0.564. The molecule has 0 saturated carbocycles. The lowest BCUT2D eigenvalue weighted by molar-refractivity contribution is -0.139. The average molecular weight is 323 g/mol. The second kappa shape index (κ2) is 9.15. The molecule has 0 heterocycles. The molecule has 0 aliphatic carbocycles. The number of carboxylic acid groups (broad SMARTS) is 1. The number of carbonyl (C=O) groups excluding carboxylic acids is 1. The third kappa shape index (κ3) is 6.28. The van der Waals surface area contributed by atoms with Crippen LogP contribution in [-0.2, 0) is 19.9 Å². The number of methoxy groups -OCH3 is 1. The molecule has 0 bridgehead atoms. The zero-order valence-electron chi connectivity index (χ0n) is 13.9. The summed E-state index contributed by atoms with van der Waals surface area (Å²) in [7, 11) is 1.54. The van der Waals surface area contributed by atoms with Gasteiger partial charge in [-0.25, -0.2) is 0 Å². The van der Waals surface area contributed by atoms with E-state index in [0.29, 0.717) is 37.4 Å². The molecule has 128 valence electrons. The fraction of sp³-hybridized carbons (Fsp3) is 0.529. The van der Waals surface area contributed by atoms with Crippen molar-refractivity contribution in [3.8, 4) is 5.75 Å². The molecule has 1 rings (SSSR count). The Balaban J connectivity index is 2.84. The van der Waals surface area contributed by atoms with Crippen molar-refractivity contribution in [1.82, 2.24) is 5.32 Å². The standard InChI is InChI=1S/C17H25NO5/c1-4-23-10-6-9-15(19)18-17(2,12-16(20)21)13-7-5-8-14(11-13)22-3/h5,7-8,11H,4,6,9-10,12H2,1-3H3,(H,18,19)(H,20,21). The van der Waals surface area contributed by atoms with Crippen molar-refractivity contribution in [2.45, 2.75) is 38.6 Å². The Bertz CT molecular complexity index is 531. The van der Waals surface area contributed by atoms with Gasteiger partial charge in [0.2, 0.25) is 5.91 Å². The molecule has 0 saturated heterocycles. The smallest absolute Gasteiger partial charge is 0.306 e. The molecule has 0 aliphatic heterocycles. The van der Waals surface area contributed by atoms with Gasteiger partial charge < -0.3 is 19.9 Å². The van der Waals surface area contributed by atoms with E-state index in [9.17, 15) is 14.7 Å². The molecular weight excluding hydrogens is 298 g/mol. The van der Waals surface area contributed by atoms with Crippen LogP contribution in [0.4, 0.5) is 0 Å². The first kappa shape index (κ1) is 19.0.